The maximum Gasteiger partial charge on any atom is 0.410 e. The summed E-state index contributed by atoms with van der Waals surface area (Å²) in [5.74, 6) is 0.536. The van der Waals surface area contributed by atoms with E-state index in [1.54, 1.807) is 29.2 Å². The van der Waals surface area contributed by atoms with Crippen molar-refractivity contribution in [2.75, 3.05) is 57.9 Å². The van der Waals surface area contributed by atoms with Gasteiger partial charge in [-0.15, -0.1) is 0 Å². The first-order valence-electron chi connectivity index (χ1n) is 11.2. The van der Waals surface area contributed by atoms with Crippen LogP contribution in [0.15, 0.2) is 36.7 Å². The van der Waals surface area contributed by atoms with Crippen molar-refractivity contribution in [2.24, 2.45) is 5.73 Å². The number of aromatic nitrogens is 2. The normalized spacial score (nSPS) is 18.3. The summed E-state index contributed by atoms with van der Waals surface area (Å²) in [6, 6.07) is 7.95. The number of nitrogens with two attached hydrogens (primary N) is 1. The molecule has 2 aromatic rings. The summed E-state index contributed by atoms with van der Waals surface area (Å²) in [5.41, 5.74) is 8.32. The molecule has 2 fully saturated rings. The van der Waals surface area contributed by atoms with Crippen LogP contribution in [0.5, 0.6) is 0 Å². The van der Waals surface area contributed by atoms with E-state index in [1.807, 2.05) is 24.3 Å². The Morgan fingerprint density at radius 2 is 1.94 bits per heavy atom. The maximum atomic E-state index is 12.3. The summed E-state index contributed by atoms with van der Waals surface area (Å²) in [5, 5.41) is 0. The molecule has 1 aromatic carbocycles. The SMILES string of the molecule is CN(Cc1cccc(-c2cnc(N3CCN(C(=O)O[C@@H]4CCOC4)CC3)nc2)c1)C(=O)CN. The lowest BCUT2D eigenvalue weighted by Gasteiger charge is -2.34. The minimum atomic E-state index is -0.278. The highest BCUT2D eigenvalue weighted by atomic mass is 16.6. The summed E-state index contributed by atoms with van der Waals surface area (Å²) in [6.07, 6.45) is 3.96. The van der Waals surface area contributed by atoms with Crippen molar-refractivity contribution in [1.82, 2.24) is 19.8 Å². The van der Waals surface area contributed by atoms with E-state index < -0.39 is 0 Å². The third-order valence-electron chi connectivity index (χ3n) is 5.89. The molecule has 3 heterocycles. The van der Waals surface area contributed by atoms with Crippen LogP contribution in [0.25, 0.3) is 11.1 Å². The first kappa shape index (κ1) is 22.9. The van der Waals surface area contributed by atoms with Crippen LogP contribution < -0.4 is 10.6 Å². The van der Waals surface area contributed by atoms with Gasteiger partial charge in [0.15, 0.2) is 0 Å². The Morgan fingerprint density at radius 1 is 1.18 bits per heavy atom. The van der Waals surface area contributed by atoms with Gasteiger partial charge in [-0.3, -0.25) is 4.79 Å². The summed E-state index contributed by atoms with van der Waals surface area (Å²) < 4.78 is 10.8. The summed E-state index contributed by atoms with van der Waals surface area (Å²) in [6.45, 7) is 4.04. The molecule has 0 bridgehead atoms. The largest absolute Gasteiger partial charge is 0.444 e. The Labute approximate surface area is 193 Å². The number of amides is 2. The van der Waals surface area contributed by atoms with Gasteiger partial charge >= 0.3 is 6.09 Å². The molecule has 2 N–H and O–H groups in total. The van der Waals surface area contributed by atoms with Crippen molar-refractivity contribution in [3.8, 4) is 11.1 Å². The number of likely N-dealkylation sites (N-methyl/N-ethyl adjacent to an activating group) is 1. The number of hydrogen-bond donors (Lipinski definition) is 1. The molecule has 2 amide bonds. The third kappa shape index (κ3) is 5.77. The molecule has 2 aliphatic rings. The summed E-state index contributed by atoms with van der Waals surface area (Å²) in [4.78, 5) is 38.5. The van der Waals surface area contributed by atoms with Crippen LogP contribution in [0.4, 0.5) is 10.7 Å². The molecule has 10 nitrogen and oxygen atoms in total. The van der Waals surface area contributed by atoms with E-state index in [0.29, 0.717) is 51.9 Å². The Kier molecular flexibility index (Phi) is 7.36. The topological polar surface area (TPSA) is 114 Å². The monoisotopic (exact) mass is 454 g/mol. The number of anilines is 1. The molecule has 0 spiro atoms. The molecule has 33 heavy (non-hydrogen) atoms. The van der Waals surface area contributed by atoms with E-state index in [1.165, 1.54) is 0 Å². The van der Waals surface area contributed by atoms with Crippen molar-refractivity contribution in [2.45, 2.75) is 19.1 Å². The van der Waals surface area contributed by atoms with Crippen molar-refractivity contribution in [3.05, 3.63) is 42.2 Å². The summed E-state index contributed by atoms with van der Waals surface area (Å²) in [7, 11) is 1.74. The standard InChI is InChI=1S/C23H30N6O4/c1-27(21(30)12-24)15-17-3-2-4-18(11-17)19-13-25-22(26-14-19)28-6-8-29(9-7-28)23(31)33-20-5-10-32-16-20/h2-4,11,13-14,20H,5-10,12,15-16,24H2,1H3/t20-/m1/s1. The number of hydrogen-bond acceptors (Lipinski definition) is 8. The minimum absolute atomic E-state index is 0.00356. The number of piperazine rings is 1. The second-order valence-electron chi connectivity index (χ2n) is 8.27. The zero-order valence-electron chi connectivity index (χ0n) is 18.9. The van der Waals surface area contributed by atoms with Crippen LogP contribution in [0.1, 0.15) is 12.0 Å². The van der Waals surface area contributed by atoms with E-state index in [2.05, 4.69) is 14.9 Å². The zero-order chi connectivity index (χ0) is 23.2. The van der Waals surface area contributed by atoms with E-state index in [0.717, 1.165) is 23.1 Å². The van der Waals surface area contributed by atoms with Crippen molar-refractivity contribution in [3.63, 3.8) is 0 Å². The Hall–Kier alpha value is -3.24. The smallest absolute Gasteiger partial charge is 0.410 e. The fraction of sp³-hybridized carbons (Fsp3) is 0.478. The zero-order valence-corrected chi connectivity index (χ0v) is 18.9. The third-order valence-corrected chi connectivity index (χ3v) is 5.89. The lowest BCUT2D eigenvalue weighted by Crippen LogP contribution is -2.50. The van der Waals surface area contributed by atoms with E-state index in [4.69, 9.17) is 15.2 Å². The number of carbonyl (C=O) groups is 2. The Bertz CT molecular complexity index is 956. The highest BCUT2D eigenvalue weighted by Gasteiger charge is 2.27. The summed E-state index contributed by atoms with van der Waals surface area (Å²) >= 11 is 0. The fourth-order valence-corrected chi connectivity index (χ4v) is 3.91. The van der Waals surface area contributed by atoms with Gasteiger partial charge in [0.1, 0.15) is 6.10 Å². The van der Waals surface area contributed by atoms with Gasteiger partial charge in [-0.1, -0.05) is 18.2 Å². The number of rotatable bonds is 6. The molecule has 4 rings (SSSR count). The van der Waals surface area contributed by atoms with Crippen LogP contribution >= 0.6 is 0 Å². The van der Waals surface area contributed by atoms with Gasteiger partial charge in [0.05, 0.1) is 19.8 Å². The lowest BCUT2D eigenvalue weighted by molar-refractivity contribution is -0.128. The first-order valence-corrected chi connectivity index (χ1v) is 11.2. The lowest BCUT2D eigenvalue weighted by atomic mass is 10.1. The van der Waals surface area contributed by atoms with Gasteiger partial charge in [0.25, 0.3) is 0 Å². The van der Waals surface area contributed by atoms with E-state index in [9.17, 15) is 9.59 Å². The molecule has 0 aliphatic carbocycles. The van der Waals surface area contributed by atoms with Crippen LogP contribution in [0, 0.1) is 0 Å². The molecule has 0 radical (unpaired) electrons. The Balaban J connectivity index is 1.33. The predicted octanol–water partition coefficient (Wildman–Crippen LogP) is 1.11. The van der Waals surface area contributed by atoms with Crippen molar-refractivity contribution >= 4 is 17.9 Å². The number of benzene rings is 1. The van der Waals surface area contributed by atoms with Crippen LogP contribution in [0.3, 0.4) is 0 Å². The highest BCUT2D eigenvalue weighted by molar-refractivity contribution is 5.77. The molecule has 1 atom stereocenters. The minimum Gasteiger partial charge on any atom is -0.444 e. The van der Waals surface area contributed by atoms with Crippen LogP contribution in [0.2, 0.25) is 0 Å². The molecule has 176 valence electrons. The molecular formula is C23H30N6O4. The first-order chi connectivity index (χ1) is 16.0. The van der Waals surface area contributed by atoms with E-state index in [-0.39, 0.29) is 24.6 Å². The van der Waals surface area contributed by atoms with Gasteiger partial charge in [0, 0.05) is 64.1 Å². The molecular weight excluding hydrogens is 424 g/mol. The molecule has 1 aromatic heterocycles. The fourth-order valence-electron chi connectivity index (χ4n) is 3.91. The van der Waals surface area contributed by atoms with Gasteiger partial charge < -0.3 is 29.9 Å². The van der Waals surface area contributed by atoms with Crippen LogP contribution in [-0.2, 0) is 20.8 Å². The van der Waals surface area contributed by atoms with Crippen molar-refractivity contribution < 1.29 is 19.1 Å². The number of ether oxygens (including phenoxy) is 2. The maximum absolute atomic E-state index is 12.3. The highest BCUT2D eigenvalue weighted by Crippen LogP contribution is 2.22. The molecule has 0 unspecified atom stereocenters. The predicted molar refractivity (Wildman–Crippen MR) is 122 cm³/mol. The van der Waals surface area contributed by atoms with Gasteiger partial charge in [-0.05, 0) is 17.2 Å². The molecule has 2 aliphatic heterocycles. The molecule has 0 saturated carbocycles. The second kappa shape index (κ2) is 10.6. The average Bonchev–Trinajstić information content (AvgIpc) is 3.37. The van der Waals surface area contributed by atoms with Crippen molar-refractivity contribution in [1.29, 1.82) is 0 Å². The number of carbonyl (C=O) groups excluding carboxylic acids is 2. The quantitative estimate of drug-likeness (QED) is 0.690. The van der Waals surface area contributed by atoms with Gasteiger partial charge in [-0.25, -0.2) is 14.8 Å². The Morgan fingerprint density at radius 3 is 2.61 bits per heavy atom. The van der Waals surface area contributed by atoms with Gasteiger partial charge in [0.2, 0.25) is 11.9 Å². The van der Waals surface area contributed by atoms with E-state index >= 15 is 0 Å². The second-order valence-corrected chi connectivity index (χ2v) is 8.27. The van der Waals surface area contributed by atoms with Gasteiger partial charge in [-0.2, -0.15) is 0 Å². The molecule has 10 heteroatoms. The molecule has 2 saturated heterocycles. The van der Waals surface area contributed by atoms with Crippen LogP contribution in [-0.4, -0.2) is 90.9 Å². The average molecular weight is 455 g/mol. The number of nitrogens with zero attached hydrogens (tertiary/aromatic N) is 5.